The Balaban J connectivity index is 2.24. The van der Waals surface area contributed by atoms with Crippen molar-refractivity contribution in [1.82, 2.24) is 9.71 Å². The Kier molecular flexibility index (Phi) is 4.51. The van der Waals surface area contributed by atoms with E-state index < -0.39 is 10.0 Å². The zero-order valence-corrected chi connectivity index (χ0v) is 9.92. The van der Waals surface area contributed by atoms with Gasteiger partial charge in [-0.3, -0.25) is 0 Å². The zero-order valence-electron chi connectivity index (χ0n) is 9.10. The Bertz CT molecular complexity index is 433. The highest BCUT2D eigenvalue weighted by molar-refractivity contribution is 7.88. The molecular formula is C9H16N4O2S. The van der Waals surface area contributed by atoms with E-state index in [9.17, 15) is 8.42 Å². The highest BCUT2D eigenvalue weighted by Crippen LogP contribution is 2.12. The minimum Gasteiger partial charge on any atom is -0.382 e. The number of anilines is 2. The van der Waals surface area contributed by atoms with Crippen LogP contribution in [-0.2, 0) is 10.0 Å². The minimum atomic E-state index is -3.09. The lowest BCUT2D eigenvalue weighted by Gasteiger charge is -2.07. The van der Waals surface area contributed by atoms with Gasteiger partial charge in [-0.25, -0.2) is 18.1 Å². The van der Waals surface area contributed by atoms with E-state index in [-0.39, 0.29) is 0 Å². The summed E-state index contributed by atoms with van der Waals surface area (Å²) in [5.74, 6) is 0.443. The molecule has 1 rings (SSSR count). The fourth-order valence-electron chi connectivity index (χ4n) is 1.14. The molecule has 0 saturated carbocycles. The monoisotopic (exact) mass is 244 g/mol. The molecule has 0 atom stereocenters. The average Bonchev–Trinajstić information content (AvgIpc) is 2.18. The molecule has 0 unspecified atom stereocenters. The number of pyridine rings is 1. The molecule has 4 N–H and O–H groups in total. The number of hydrogen-bond acceptors (Lipinski definition) is 5. The molecule has 0 bridgehead atoms. The normalized spacial score (nSPS) is 11.3. The van der Waals surface area contributed by atoms with Crippen LogP contribution < -0.4 is 15.8 Å². The van der Waals surface area contributed by atoms with E-state index in [4.69, 9.17) is 5.73 Å². The quantitative estimate of drug-likeness (QED) is 0.613. The van der Waals surface area contributed by atoms with Crippen LogP contribution >= 0.6 is 0 Å². The molecule has 7 heteroatoms. The van der Waals surface area contributed by atoms with Crippen molar-refractivity contribution in [2.45, 2.75) is 6.42 Å². The van der Waals surface area contributed by atoms with Crippen molar-refractivity contribution in [1.29, 1.82) is 0 Å². The molecule has 0 fully saturated rings. The van der Waals surface area contributed by atoms with Gasteiger partial charge < -0.3 is 11.1 Å². The van der Waals surface area contributed by atoms with Crippen molar-refractivity contribution in [3.8, 4) is 0 Å². The second kappa shape index (κ2) is 5.66. The van der Waals surface area contributed by atoms with E-state index in [1.54, 1.807) is 12.3 Å². The molecule has 0 saturated heterocycles. The van der Waals surface area contributed by atoms with Crippen LogP contribution in [0.15, 0.2) is 18.3 Å². The van der Waals surface area contributed by atoms with Gasteiger partial charge in [0.1, 0.15) is 5.82 Å². The van der Waals surface area contributed by atoms with Crippen molar-refractivity contribution >= 4 is 21.5 Å². The Morgan fingerprint density at radius 3 is 2.81 bits per heavy atom. The molecule has 1 aromatic rings. The predicted molar refractivity (Wildman–Crippen MR) is 64.6 cm³/mol. The molecule has 0 aliphatic rings. The second-order valence-electron chi connectivity index (χ2n) is 3.38. The molecule has 16 heavy (non-hydrogen) atoms. The average molecular weight is 244 g/mol. The third-order valence-corrected chi connectivity index (χ3v) is 2.60. The fourth-order valence-corrected chi connectivity index (χ4v) is 1.65. The van der Waals surface area contributed by atoms with E-state index in [1.807, 2.05) is 6.07 Å². The summed E-state index contributed by atoms with van der Waals surface area (Å²) in [6, 6.07) is 3.61. The first kappa shape index (κ1) is 12.7. The summed E-state index contributed by atoms with van der Waals surface area (Å²) in [6.45, 7) is 1.05. The number of hydrogen-bond donors (Lipinski definition) is 3. The highest BCUT2D eigenvalue weighted by Gasteiger charge is 2.00. The van der Waals surface area contributed by atoms with Crippen LogP contribution in [-0.4, -0.2) is 32.7 Å². The van der Waals surface area contributed by atoms with Crippen LogP contribution in [0, 0.1) is 0 Å². The molecule has 0 amide bonds. The second-order valence-corrected chi connectivity index (χ2v) is 5.22. The van der Waals surface area contributed by atoms with E-state index >= 15 is 0 Å². The van der Waals surface area contributed by atoms with Gasteiger partial charge in [-0.05, 0) is 18.6 Å². The molecular weight excluding hydrogens is 228 g/mol. The van der Waals surface area contributed by atoms with Gasteiger partial charge in [-0.2, -0.15) is 0 Å². The van der Waals surface area contributed by atoms with Gasteiger partial charge in [0.05, 0.1) is 11.9 Å². The lowest BCUT2D eigenvalue weighted by molar-refractivity contribution is 0.586. The van der Waals surface area contributed by atoms with Crippen molar-refractivity contribution in [2.24, 2.45) is 0 Å². The largest absolute Gasteiger partial charge is 0.382 e. The molecule has 0 aliphatic carbocycles. The smallest absolute Gasteiger partial charge is 0.208 e. The van der Waals surface area contributed by atoms with Gasteiger partial charge in [0.2, 0.25) is 10.0 Å². The van der Waals surface area contributed by atoms with Crippen LogP contribution in [0.1, 0.15) is 6.42 Å². The van der Waals surface area contributed by atoms with Crippen molar-refractivity contribution in [3.05, 3.63) is 18.3 Å². The number of nitrogens with zero attached hydrogens (tertiary/aromatic N) is 1. The third-order valence-electron chi connectivity index (χ3n) is 1.87. The summed E-state index contributed by atoms with van der Waals surface area (Å²) in [5.41, 5.74) is 6.39. The van der Waals surface area contributed by atoms with Gasteiger partial charge in [-0.1, -0.05) is 0 Å². The van der Waals surface area contributed by atoms with E-state index in [2.05, 4.69) is 15.0 Å². The van der Waals surface area contributed by atoms with Crippen molar-refractivity contribution < 1.29 is 8.42 Å². The fraction of sp³-hybridized carbons (Fsp3) is 0.444. The lowest BCUT2D eigenvalue weighted by Crippen LogP contribution is -2.24. The lowest BCUT2D eigenvalue weighted by atomic mass is 10.3. The number of sulfonamides is 1. The third kappa shape index (κ3) is 4.94. The summed E-state index contributed by atoms with van der Waals surface area (Å²) in [7, 11) is -3.09. The minimum absolute atomic E-state index is 0.409. The topological polar surface area (TPSA) is 97.1 Å². The molecule has 0 aromatic carbocycles. The number of nitrogens with one attached hydrogen (secondary N) is 2. The standard InChI is InChI=1S/C9H16N4O2S/c1-16(14,15)13-7-3-6-11-8-4-2-5-12-9(8)10/h2,4-5,11,13H,3,6-7H2,1H3,(H2,10,12). The summed E-state index contributed by atoms with van der Waals surface area (Å²) >= 11 is 0. The van der Waals surface area contributed by atoms with Crippen LogP contribution in [0.3, 0.4) is 0 Å². The summed E-state index contributed by atoms with van der Waals surface area (Å²) in [5, 5.41) is 3.08. The first-order valence-corrected chi connectivity index (χ1v) is 6.77. The van der Waals surface area contributed by atoms with Crippen molar-refractivity contribution in [3.63, 3.8) is 0 Å². The van der Waals surface area contributed by atoms with Gasteiger partial charge in [0, 0.05) is 19.3 Å². The Morgan fingerprint density at radius 2 is 2.19 bits per heavy atom. The summed E-state index contributed by atoms with van der Waals surface area (Å²) in [4.78, 5) is 3.92. The Hall–Kier alpha value is -1.34. The number of nitrogen functional groups attached to an aromatic ring is 1. The molecule has 1 heterocycles. The van der Waals surface area contributed by atoms with Gasteiger partial charge >= 0.3 is 0 Å². The molecule has 0 spiro atoms. The van der Waals surface area contributed by atoms with Crippen molar-refractivity contribution in [2.75, 3.05) is 30.4 Å². The summed E-state index contributed by atoms with van der Waals surface area (Å²) in [6.07, 6.45) is 3.44. The van der Waals surface area contributed by atoms with Crippen LogP contribution in [0.25, 0.3) is 0 Å². The maximum atomic E-state index is 10.8. The van der Waals surface area contributed by atoms with Gasteiger partial charge in [0.15, 0.2) is 0 Å². The number of aromatic nitrogens is 1. The van der Waals surface area contributed by atoms with E-state index in [0.29, 0.717) is 25.3 Å². The first-order valence-electron chi connectivity index (χ1n) is 4.88. The van der Waals surface area contributed by atoms with Crippen LogP contribution in [0.2, 0.25) is 0 Å². The maximum absolute atomic E-state index is 10.8. The number of rotatable bonds is 6. The highest BCUT2D eigenvalue weighted by atomic mass is 32.2. The predicted octanol–water partition coefficient (Wildman–Crippen LogP) is 0.0150. The van der Waals surface area contributed by atoms with E-state index in [0.717, 1.165) is 11.9 Å². The molecule has 6 nitrogen and oxygen atoms in total. The van der Waals surface area contributed by atoms with Crippen LogP contribution in [0.5, 0.6) is 0 Å². The summed E-state index contributed by atoms with van der Waals surface area (Å²) < 4.78 is 23.9. The molecule has 1 aromatic heterocycles. The zero-order chi connectivity index (χ0) is 12.0. The number of nitrogens with two attached hydrogens (primary N) is 1. The first-order chi connectivity index (χ1) is 7.49. The molecule has 0 aliphatic heterocycles. The SMILES string of the molecule is CS(=O)(=O)NCCCNc1cccnc1N. The maximum Gasteiger partial charge on any atom is 0.208 e. The van der Waals surface area contributed by atoms with E-state index in [1.165, 1.54) is 0 Å². The molecule has 90 valence electrons. The van der Waals surface area contributed by atoms with Crippen LogP contribution in [0.4, 0.5) is 11.5 Å². The van der Waals surface area contributed by atoms with Gasteiger partial charge in [-0.15, -0.1) is 0 Å². The Morgan fingerprint density at radius 1 is 1.44 bits per heavy atom. The molecule has 0 radical (unpaired) electrons. The van der Waals surface area contributed by atoms with Gasteiger partial charge in [0.25, 0.3) is 0 Å². The Labute approximate surface area is 95.3 Å².